The maximum Gasteiger partial charge on any atom is 0.309 e. The van der Waals surface area contributed by atoms with Crippen LogP contribution in [0.3, 0.4) is 0 Å². The molecule has 1 heterocycles. The van der Waals surface area contributed by atoms with Crippen molar-refractivity contribution in [3.8, 4) is 0 Å². The zero-order chi connectivity index (χ0) is 14.2. The van der Waals surface area contributed by atoms with Gasteiger partial charge >= 0.3 is 5.97 Å². The molecule has 104 valence electrons. The molecule has 2 rings (SSSR count). The molecule has 0 atom stereocenters. The highest BCUT2D eigenvalue weighted by molar-refractivity contribution is 5.72. The third-order valence-electron chi connectivity index (χ3n) is 2.93. The second-order valence-electron chi connectivity index (χ2n) is 4.38. The van der Waals surface area contributed by atoms with Crippen LogP contribution in [0.2, 0.25) is 0 Å². The van der Waals surface area contributed by atoms with E-state index in [1.54, 1.807) is 12.4 Å². The highest BCUT2D eigenvalue weighted by Crippen LogP contribution is 2.12. The number of carbonyl (C=O) groups excluding carboxylic acids is 1. The topological polar surface area (TPSA) is 48.4 Å². The maximum absolute atomic E-state index is 11.4. The van der Waals surface area contributed by atoms with E-state index in [0.29, 0.717) is 13.2 Å². The fraction of sp³-hybridized carbons (Fsp3) is 0.250. The van der Waals surface area contributed by atoms with Gasteiger partial charge in [0.2, 0.25) is 0 Å². The van der Waals surface area contributed by atoms with Crippen molar-refractivity contribution in [3.05, 3.63) is 65.5 Å². The Kier molecular flexibility index (Phi) is 5.26. The van der Waals surface area contributed by atoms with Gasteiger partial charge in [-0.1, -0.05) is 30.3 Å². The van der Waals surface area contributed by atoms with Gasteiger partial charge in [0.15, 0.2) is 0 Å². The van der Waals surface area contributed by atoms with Crippen LogP contribution in [-0.2, 0) is 33.9 Å². The average molecular weight is 271 g/mol. The number of aromatic nitrogens is 1. The summed E-state index contributed by atoms with van der Waals surface area (Å²) in [4.78, 5) is 15.4. The lowest BCUT2D eigenvalue weighted by molar-refractivity contribution is -0.139. The molecule has 0 amide bonds. The molecule has 0 bridgehead atoms. The van der Waals surface area contributed by atoms with Crippen LogP contribution in [0.15, 0.2) is 48.8 Å². The first-order valence-electron chi connectivity index (χ1n) is 6.40. The summed E-state index contributed by atoms with van der Waals surface area (Å²) >= 11 is 0. The van der Waals surface area contributed by atoms with E-state index >= 15 is 0 Å². The van der Waals surface area contributed by atoms with Crippen LogP contribution in [0, 0.1) is 0 Å². The molecule has 2 aromatic rings. The predicted octanol–water partition coefficient (Wildman–Crippen LogP) is 2.51. The minimum absolute atomic E-state index is 0.246. The number of nitrogens with zero attached hydrogens (tertiary/aromatic N) is 1. The third-order valence-corrected chi connectivity index (χ3v) is 2.93. The van der Waals surface area contributed by atoms with E-state index in [2.05, 4.69) is 4.98 Å². The van der Waals surface area contributed by atoms with E-state index in [0.717, 1.165) is 16.7 Å². The first kappa shape index (κ1) is 14.2. The molecule has 0 N–H and O–H groups in total. The van der Waals surface area contributed by atoms with Crippen molar-refractivity contribution in [2.75, 3.05) is 7.11 Å². The molecule has 0 aliphatic carbocycles. The Morgan fingerprint density at radius 3 is 2.60 bits per heavy atom. The summed E-state index contributed by atoms with van der Waals surface area (Å²) in [5, 5.41) is 0. The largest absolute Gasteiger partial charge is 0.469 e. The van der Waals surface area contributed by atoms with Gasteiger partial charge in [0.1, 0.15) is 0 Å². The molecule has 0 spiro atoms. The van der Waals surface area contributed by atoms with Crippen molar-refractivity contribution < 1.29 is 14.3 Å². The molecular formula is C16H17NO3. The van der Waals surface area contributed by atoms with Gasteiger partial charge < -0.3 is 9.47 Å². The summed E-state index contributed by atoms with van der Waals surface area (Å²) in [6, 6.07) is 11.6. The Morgan fingerprint density at radius 1 is 1.10 bits per heavy atom. The summed E-state index contributed by atoms with van der Waals surface area (Å²) in [5.41, 5.74) is 2.96. The third kappa shape index (κ3) is 4.17. The highest BCUT2D eigenvalue weighted by Gasteiger charge is 2.07. The fourth-order valence-electron chi connectivity index (χ4n) is 1.86. The monoisotopic (exact) mass is 271 g/mol. The van der Waals surface area contributed by atoms with Gasteiger partial charge in [-0.25, -0.2) is 0 Å². The lowest BCUT2D eigenvalue weighted by Crippen LogP contribution is -2.07. The first-order valence-corrected chi connectivity index (χ1v) is 6.40. The van der Waals surface area contributed by atoms with Gasteiger partial charge in [-0.15, -0.1) is 0 Å². The average Bonchev–Trinajstić information content (AvgIpc) is 2.50. The zero-order valence-electron chi connectivity index (χ0n) is 11.4. The van der Waals surface area contributed by atoms with Crippen LogP contribution >= 0.6 is 0 Å². The molecule has 4 heteroatoms. The molecule has 1 aromatic carbocycles. The minimum atomic E-state index is -0.246. The molecule has 0 unspecified atom stereocenters. The van der Waals surface area contributed by atoms with Gasteiger partial charge in [0.05, 0.1) is 26.7 Å². The first-order chi connectivity index (χ1) is 9.79. The van der Waals surface area contributed by atoms with E-state index in [1.165, 1.54) is 7.11 Å². The number of benzene rings is 1. The van der Waals surface area contributed by atoms with E-state index in [-0.39, 0.29) is 12.4 Å². The number of hydrogen-bond acceptors (Lipinski definition) is 4. The minimum Gasteiger partial charge on any atom is -0.469 e. The summed E-state index contributed by atoms with van der Waals surface area (Å²) < 4.78 is 10.4. The molecule has 0 fully saturated rings. The molecule has 0 aliphatic rings. The predicted molar refractivity (Wildman–Crippen MR) is 74.9 cm³/mol. The van der Waals surface area contributed by atoms with Crippen LogP contribution < -0.4 is 0 Å². The molecule has 1 aromatic heterocycles. The number of methoxy groups -OCH3 is 1. The van der Waals surface area contributed by atoms with Crippen LogP contribution in [0.1, 0.15) is 16.7 Å². The highest BCUT2D eigenvalue weighted by atomic mass is 16.5. The van der Waals surface area contributed by atoms with Crippen molar-refractivity contribution in [3.63, 3.8) is 0 Å². The van der Waals surface area contributed by atoms with Gasteiger partial charge in [-0.05, 0) is 22.8 Å². The fourth-order valence-corrected chi connectivity index (χ4v) is 1.86. The lowest BCUT2D eigenvalue weighted by Gasteiger charge is -2.09. The molecular weight excluding hydrogens is 254 g/mol. The molecule has 0 radical (unpaired) electrons. The Balaban J connectivity index is 1.94. The molecule has 4 nitrogen and oxygen atoms in total. The van der Waals surface area contributed by atoms with Crippen LogP contribution in [0.5, 0.6) is 0 Å². The Morgan fingerprint density at radius 2 is 1.90 bits per heavy atom. The molecule has 20 heavy (non-hydrogen) atoms. The van der Waals surface area contributed by atoms with Crippen molar-refractivity contribution in [2.45, 2.75) is 19.6 Å². The van der Waals surface area contributed by atoms with Crippen LogP contribution in [-0.4, -0.2) is 18.1 Å². The molecule has 0 aliphatic heterocycles. The molecule has 0 saturated carbocycles. The SMILES string of the molecule is COC(=O)Cc1ccccc1COCc1cccnc1. The zero-order valence-corrected chi connectivity index (χ0v) is 11.4. The lowest BCUT2D eigenvalue weighted by atomic mass is 10.1. The van der Waals surface area contributed by atoms with E-state index in [4.69, 9.17) is 9.47 Å². The Hall–Kier alpha value is -2.20. The quantitative estimate of drug-likeness (QED) is 0.757. The smallest absolute Gasteiger partial charge is 0.309 e. The van der Waals surface area contributed by atoms with Gasteiger partial charge in [0.25, 0.3) is 0 Å². The second-order valence-corrected chi connectivity index (χ2v) is 4.38. The van der Waals surface area contributed by atoms with Gasteiger partial charge in [0, 0.05) is 12.4 Å². The van der Waals surface area contributed by atoms with E-state index in [9.17, 15) is 4.79 Å². The Labute approximate surface area is 118 Å². The number of pyridine rings is 1. The van der Waals surface area contributed by atoms with Gasteiger partial charge in [-0.2, -0.15) is 0 Å². The number of rotatable bonds is 6. The normalized spacial score (nSPS) is 10.2. The summed E-state index contributed by atoms with van der Waals surface area (Å²) in [6.45, 7) is 0.961. The summed E-state index contributed by atoms with van der Waals surface area (Å²) in [7, 11) is 1.39. The second kappa shape index (κ2) is 7.40. The number of hydrogen-bond donors (Lipinski definition) is 0. The van der Waals surface area contributed by atoms with Crippen molar-refractivity contribution in [1.29, 1.82) is 0 Å². The molecule has 0 saturated heterocycles. The maximum atomic E-state index is 11.4. The van der Waals surface area contributed by atoms with E-state index in [1.807, 2.05) is 36.4 Å². The van der Waals surface area contributed by atoms with Crippen LogP contribution in [0.4, 0.5) is 0 Å². The van der Waals surface area contributed by atoms with Crippen molar-refractivity contribution >= 4 is 5.97 Å². The number of carbonyl (C=O) groups is 1. The van der Waals surface area contributed by atoms with Crippen molar-refractivity contribution in [2.24, 2.45) is 0 Å². The van der Waals surface area contributed by atoms with Crippen LogP contribution in [0.25, 0.3) is 0 Å². The standard InChI is InChI=1S/C16H17NO3/c1-19-16(18)9-14-6-2-3-7-15(14)12-20-11-13-5-4-8-17-10-13/h2-8,10H,9,11-12H2,1H3. The Bertz CT molecular complexity index is 555. The summed E-state index contributed by atoms with van der Waals surface area (Å²) in [5.74, 6) is -0.246. The van der Waals surface area contributed by atoms with Crippen molar-refractivity contribution in [1.82, 2.24) is 4.98 Å². The van der Waals surface area contributed by atoms with Gasteiger partial charge in [-0.3, -0.25) is 9.78 Å². The number of ether oxygens (including phenoxy) is 2. The number of esters is 1. The van der Waals surface area contributed by atoms with E-state index < -0.39 is 0 Å². The summed E-state index contributed by atoms with van der Waals surface area (Å²) in [6.07, 6.45) is 3.78.